The maximum atomic E-state index is 12.2. The van der Waals surface area contributed by atoms with Crippen molar-refractivity contribution in [2.75, 3.05) is 12.4 Å². The molecule has 0 atom stereocenters. The lowest BCUT2D eigenvalue weighted by Crippen LogP contribution is -2.03. The van der Waals surface area contributed by atoms with Gasteiger partial charge in [0.25, 0.3) is 5.56 Å². The molecule has 4 heterocycles. The number of pyridine rings is 3. The third-order valence-electron chi connectivity index (χ3n) is 4.62. The minimum Gasteiger partial charge on any atom is -0.497 e. The van der Waals surface area contributed by atoms with Gasteiger partial charge < -0.3 is 20.0 Å². The second kappa shape index (κ2) is 5.84. The van der Waals surface area contributed by atoms with Gasteiger partial charge in [0.05, 0.1) is 18.1 Å². The lowest BCUT2D eigenvalue weighted by molar-refractivity contribution is 0.415. The number of fused-ring (bicyclic) bond motifs is 5. The number of aromatic nitrogens is 4. The van der Waals surface area contributed by atoms with Crippen LogP contribution in [0.4, 0.5) is 11.5 Å². The molecule has 5 aromatic rings. The van der Waals surface area contributed by atoms with Crippen molar-refractivity contribution < 1.29 is 4.74 Å². The van der Waals surface area contributed by atoms with Crippen LogP contribution in [0.1, 0.15) is 0 Å². The zero-order valence-electron chi connectivity index (χ0n) is 14.4. The fraction of sp³-hybridized carbons (Fsp3) is 0.0500. The van der Waals surface area contributed by atoms with Crippen molar-refractivity contribution in [3.8, 4) is 5.75 Å². The maximum absolute atomic E-state index is 12.2. The fourth-order valence-electron chi connectivity index (χ4n) is 3.31. The second-order valence-electron chi connectivity index (χ2n) is 6.18. The number of methoxy groups -OCH3 is 1. The van der Waals surface area contributed by atoms with Gasteiger partial charge in [-0.1, -0.05) is 0 Å². The largest absolute Gasteiger partial charge is 0.497 e. The predicted octanol–water partition coefficient (Wildman–Crippen LogP) is 3.70. The quantitative estimate of drug-likeness (QED) is 0.457. The number of ether oxygens (including phenoxy) is 1. The molecule has 0 saturated heterocycles. The van der Waals surface area contributed by atoms with Crippen molar-refractivity contribution in [2.45, 2.75) is 0 Å². The highest BCUT2D eigenvalue weighted by Crippen LogP contribution is 2.33. The Bertz CT molecular complexity index is 1350. The van der Waals surface area contributed by atoms with Crippen molar-refractivity contribution in [3.63, 3.8) is 0 Å². The highest BCUT2D eigenvalue weighted by Gasteiger charge is 2.15. The molecule has 0 spiro atoms. The zero-order chi connectivity index (χ0) is 18.4. The van der Waals surface area contributed by atoms with E-state index in [-0.39, 0.29) is 5.56 Å². The summed E-state index contributed by atoms with van der Waals surface area (Å²) >= 11 is 0. The van der Waals surface area contributed by atoms with Crippen LogP contribution in [0.3, 0.4) is 0 Å². The molecule has 0 amide bonds. The van der Waals surface area contributed by atoms with E-state index in [1.165, 1.54) is 0 Å². The summed E-state index contributed by atoms with van der Waals surface area (Å²) in [6.07, 6.45) is 5.13. The molecule has 0 bridgehead atoms. The molecule has 7 heteroatoms. The molecule has 5 rings (SSSR count). The van der Waals surface area contributed by atoms with E-state index in [1.54, 1.807) is 25.7 Å². The Morgan fingerprint density at radius 3 is 2.67 bits per heavy atom. The third kappa shape index (κ3) is 2.40. The normalized spacial score (nSPS) is 11.3. The maximum Gasteiger partial charge on any atom is 0.272 e. The summed E-state index contributed by atoms with van der Waals surface area (Å²) in [4.78, 5) is 27.1. The number of aromatic amines is 2. The summed E-state index contributed by atoms with van der Waals surface area (Å²) < 4.78 is 5.21. The molecule has 0 radical (unpaired) electrons. The van der Waals surface area contributed by atoms with Crippen LogP contribution in [0, 0.1) is 0 Å². The van der Waals surface area contributed by atoms with E-state index in [1.807, 2.05) is 36.4 Å². The van der Waals surface area contributed by atoms with Gasteiger partial charge in [-0.25, -0.2) is 4.98 Å². The minimum atomic E-state index is -0.169. The SMILES string of the molecule is COc1ccc(Nc2nc3c4cc[nH]c(=O)c4[nH]c3c3ccncc23)cc1. The Hall–Kier alpha value is -3.87. The number of nitrogens with zero attached hydrogens (tertiary/aromatic N) is 2. The number of hydrogen-bond acceptors (Lipinski definition) is 5. The zero-order valence-corrected chi connectivity index (χ0v) is 14.4. The van der Waals surface area contributed by atoms with Crippen LogP contribution < -0.4 is 15.6 Å². The van der Waals surface area contributed by atoms with E-state index in [4.69, 9.17) is 9.72 Å². The second-order valence-corrected chi connectivity index (χ2v) is 6.18. The van der Waals surface area contributed by atoms with E-state index in [0.717, 1.165) is 38.6 Å². The molecular weight excluding hydrogens is 342 g/mol. The fourth-order valence-corrected chi connectivity index (χ4v) is 3.31. The van der Waals surface area contributed by atoms with Crippen LogP contribution in [0.2, 0.25) is 0 Å². The Balaban J connectivity index is 1.78. The van der Waals surface area contributed by atoms with E-state index < -0.39 is 0 Å². The van der Waals surface area contributed by atoms with Gasteiger partial charge in [0.2, 0.25) is 0 Å². The molecule has 7 nitrogen and oxygen atoms in total. The van der Waals surface area contributed by atoms with Gasteiger partial charge in [-0.3, -0.25) is 9.78 Å². The van der Waals surface area contributed by atoms with Gasteiger partial charge in [0, 0.05) is 40.4 Å². The Kier molecular flexibility index (Phi) is 3.33. The van der Waals surface area contributed by atoms with Crippen molar-refractivity contribution in [1.29, 1.82) is 0 Å². The monoisotopic (exact) mass is 357 g/mol. The first-order chi connectivity index (χ1) is 13.2. The summed E-state index contributed by atoms with van der Waals surface area (Å²) in [5, 5.41) is 5.95. The number of anilines is 2. The van der Waals surface area contributed by atoms with Crippen LogP contribution in [0.15, 0.2) is 59.8 Å². The molecule has 0 unspecified atom stereocenters. The summed E-state index contributed by atoms with van der Waals surface area (Å²) in [5.74, 6) is 1.46. The average Bonchev–Trinajstić information content (AvgIpc) is 3.09. The highest BCUT2D eigenvalue weighted by molar-refractivity contribution is 6.17. The van der Waals surface area contributed by atoms with Crippen LogP contribution in [0.5, 0.6) is 5.75 Å². The van der Waals surface area contributed by atoms with Crippen LogP contribution in [-0.2, 0) is 0 Å². The van der Waals surface area contributed by atoms with E-state index >= 15 is 0 Å². The predicted molar refractivity (Wildman–Crippen MR) is 106 cm³/mol. The summed E-state index contributed by atoms with van der Waals surface area (Å²) in [7, 11) is 1.63. The molecule has 0 aliphatic heterocycles. The third-order valence-corrected chi connectivity index (χ3v) is 4.62. The van der Waals surface area contributed by atoms with Gasteiger partial charge in [-0.2, -0.15) is 0 Å². The van der Waals surface area contributed by atoms with Crippen molar-refractivity contribution in [3.05, 3.63) is 65.3 Å². The number of nitrogens with one attached hydrogen (secondary N) is 3. The number of rotatable bonds is 3. The first-order valence-electron chi connectivity index (χ1n) is 8.42. The van der Waals surface area contributed by atoms with E-state index in [9.17, 15) is 4.79 Å². The molecule has 0 fully saturated rings. The van der Waals surface area contributed by atoms with Crippen molar-refractivity contribution in [1.82, 2.24) is 19.9 Å². The van der Waals surface area contributed by atoms with Crippen LogP contribution in [0.25, 0.3) is 32.7 Å². The number of hydrogen-bond donors (Lipinski definition) is 3. The van der Waals surface area contributed by atoms with Gasteiger partial charge in [-0.15, -0.1) is 0 Å². The summed E-state index contributed by atoms with van der Waals surface area (Å²) in [5.41, 5.74) is 2.78. The van der Waals surface area contributed by atoms with Crippen molar-refractivity contribution >= 4 is 44.2 Å². The Labute approximate surface area is 153 Å². The summed E-state index contributed by atoms with van der Waals surface area (Å²) in [6, 6.07) is 11.4. The Morgan fingerprint density at radius 2 is 1.85 bits per heavy atom. The smallest absolute Gasteiger partial charge is 0.272 e. The van der Waals surface area contributed by atoms with Crippen LogP contribution in [-0.4, -0.2) is 27.0 Å². The lowest BCUT2D eigenvalue weighted by atomic mass is 10.1. The standard InChI is InChI=1S/C20H15N5O2/c1-27-12-4-2-11(3-5-12)23-19-15-10-21-8-6-13(15)16-17(25-19)14-7-9-22-20(26)18(14)24-16/h2-10,24H,1H3,(H,22,26)(H,23,25). The van der Waals surface area contributed by atoms with Gasteiger partial charge >= 0.3 is 0 Å². The lowest BCUT2D eigenvalue weighted by Gasteiger charge is -2.10. The summed E-state index contributed by atoms with van der Waals surface area (Å²) in [6.45, 7) is 0. The van der Waals surface area contributed by atoms with Crippen LogP contribution >= 0.6 is 0 Å². The molecular formula is C20H15N5O2. The highest BCUT2D eigenvalue weighted by atomic mass is 16.5. The van der Waals surface area contributed by atoms with E-state index in [2.05, 4.69) is 20.3 Å². The number of H-pyrrole nitrogens is 2. The number of benzene rings is 1. The molecule has 27 heavy (non-hydrogen) atoms. The van der Waals surface area contributed by atoms with Gasteiger partial charge in [-0.05, 0) is 36.4 Å². The molecule has 0 saturated carbocycles. The molecule has 0 aliphatic carbocycles. The minimum absolute atomic E-state index is 0.169. The van der Waals surface area contributed by atoms with E-state index in [0.29, 0.717) is 11.3 Å². The van der Waals surface area contributed by atoms with Gasteiger partial charge in [0.15, 0.2) is 0 Å². The Morgan fingerprint density at radius 1 is 1.00 bits per heavy atom. The first-order valence-corrected chi connectivity index (χ1v) is 8.42. The average molecular weight is 357 g/mol. The topological polar surface area (TPSA) is 95.7 Å². The molecule has 0 aliphatic rings. The van der Waals surface area contributed by atoms with Gasteiger partial charge in [0.1, 0.15) is 17.1 Å². The van der Waals surface area contributed by atoms with Crippen molar-refractivity contribution in [2.24, 2.45) is 0 Å². The first kappa shape index (κ1) is 15.4. The molecule has 1 aromatic carbocycles. The molecule has 4 aromatic heterocycles. The molecule has 3 N–H and O–H groups in total. The molecule has 132 valence electrons.